The molecule has 1 unspecified atom stereocenters. The van der Waals surface area contributed by atoms with Crippen LogP contribution in [0.4, 0.5) is 0 Å². The second-order valence-corrected chi connectivity index (χ2v) is 4.20. The van der Waals surface area contributed by atoms with Crippen LogP contribution in [0.25, 0.3) is 0 Å². The van der Waals surface area contributed by atoms with Gasteiger partial charge in [0, 0.05) is 24.7 Å². The van der Waals surface area contributed by atoms with Crippen molar-refractivity contribution in [3.8, 4) is 11.5 Å². The number of halogens is 1. The summed E-state index contributed by atoms with van der Waals surface area (Å²) in [6.07, 6.45) is -0.0721. The summed E-state index contributed by atoms with van der Waals surface area (Å²) < 4.78 is 16.2. The lowest BCUT2D eigenvalue weighted by Crippen LogP contribution is -2.33. The van der Waals surface area contributed by atoms with Crippen LogP contribution in [-0.2, 0) is 4.74 Å². The summed E-state index contributed by atoms with van der Waals surface area (Å²) in [5.74, 6) is 1.38. The van der Waals surface area contributed by atoms with Crippen molar-refractivity contribution in [2.45, 2.75) is 6.10 Å². The number of nitrogens with one attached hydrogen (secondary N) is 1. The van der Waals surface area contributed by atoms with Crippen LogP contribution >= 0.6 is 11.6 Å². The van der Waals surface area contributed by atoms with Gasteiger partial charge in [-0.1, -0.05) is 11.6 Å². The predicted octanol–water partition coefficient (Wildman–Crippen LogP) is 2.02. The zero-order valence-corrected chi connectivity index (χ0v) is 10.7. The summed E-state index contributed by atoms with van der Waals surface area (Å²) in [4.78, 5) is 0. The number of morpholine rings is 1. The Morgan fingerprint density at radius 3 is 2.76 bits per heavy atom. The van der Waals surface area contributed by atoms with Crippen molar-refractivity contribution >= 4 is 11.6 Å². The van der Waals surface area contributed by atoms with Gasteiger partial charge in [-0.05, 0) is 6.07 Å². The molecule has 4 nitrogen and oxygen atoms in total. The van der Waals surface area contributed by atoms with E-state index in [1.807, 2.05) is 6.07 Å². The van der Waals surface area contributed by atoms with Crippen molar-refractivity contribution in [3.63, 3.8) is 0 Å². The Hall–Kier alpha value is -0.970. The van der Waals surface area contributed by atoms with E-state index in [1.54, 1.807) is 20.3 Å². The number of benzene rings is 1. The number of hydrogen-bond donors (Lipinski definition) is 1. The lowest BCUT2D eigenvalue weighted by molar-refractivity contribution is 0.0263. The lowest BCUT2D eigenvalue weighted by atomic mass is 10.1. The van der Waals surface area contributed by atoms with Gasteiger partial charge < -0.3 is 19.5 Å². The highest BCUT2D eigenvalue weighted by molar-refractivity contribution is 6.31. The number of ether oxygens (including phenoxy) is 3. The fraction of sp³-hybridized carbons (Fsp3) is 0.500. The molecule has 1 aromatic rings. The minimum atomic E-state index is -0.0721. The summed E-state index contributed by atoms with van der Waals surface area (Å²) >= 11 is 6.26. The second kappa shape index (κ2) is 5.58. The lowest BCUT2D eigenvalue weighted by Gasteiger charge is -2.26. The zero-order valence-electron chi connectivity index (χ0n) is 9.96. The fourth-order valence-electron chi connectivity index (χ4n) is 1.92. The van der Waals surface area contributed by atoms with Gasteiger partial charge in [0.2, 0.25) is 0 Å². The summed E-state index contributed by atoms with van der Waals surface area (Å²) in [7, 11) is 3.22. The first kappa shape index (κ1) is 12.5. The minimum absolute atomic E-state index is 0.0721. The van der Waals surface area contributed by atoms with Crippen LogP contribution in [0.2, 0.25) is 5.02 Å². The maximum atomic E-state index is 6.26. The Labute approximate surface area is 106 Å². The molecule has 0 amide bonds. The maximum absolute atomic E-state index is 6.26. The van der Waals surface area contributed by atoms with Crippen molar-refractivity contribution in [1.29, 1.82) is 0 Å². The average molecular weight is 258 g/mol. The van der Waals surface area contributed by atoms with Gasteiger partial charge in [0.05, 0.1) is 32.0 Å². The highest BCUT2D eigenvalue weighted by atomic mass is 35.5. The quantitative estimate of drug-likeness (QED) is 0.899. The molecule has 0 bridgehead atoms. The fourth-order valence-corrected chi connectivity index (χ4v) is 2.24. The van der Waals surface area contributed by atoms with E-state index in [2.05, 4.69) is 5.32 Å². The second-order valence-electron chi connectivity index (χ2n) is 3.79. The van der Waals surface area contributed by atoms with Crippen LogP contribution in [0.5, 0.6) is 11.5 Å². The molecule has 1 aliphatic heterocycles. The molecule has 1 N–H and O–H groups in total. The topological polar surface area (TPSA) is 39.7 Å². The normalized spacial score (nSPS) is 20.1. The van der Waals surface area contributed by atoms with Gasteiger partial charge in [-0.15, -0.1) is 0 Å². The molecule has 0 radical (unpaired) electrons. The third-order valence-corrected chi connectivity index (χ3v) is 3.08. The third-order valence-electron chi connectivity index (χ3n) is 2.77. The molecular formula is C12H16ClNO3. The van der Waals surface area contributed by atoms with E-state index < -0.39 is 0 Å². The SMILES string of the molecule is COc1cc(Cl)c(C2CNCCO2)c(OC)c1. The smallest absolute Gasteiger partial charge is 0.129 e. The van der Waals surface area contributed by atoms with Gasteiger partial charge >= 0.3 is 0 Å². The Morgan fingerprint density at radius 2 is 2.18 bits per heavy atom. The van der Waals surface area contributed by atoms with E-state index in [1.165, 1.54) is 0 Å². The monoisotopic (exact) mass is 257 g/mol. The van der Waals surface area contributed by atoms with Crippen molar-refractivity contribution < 1.29 is 14.2 Å². The van der Waals surface area contributed by atoms with Gasteiger partial charge in [-0.25, -0.2) is 0 Å². The van der Waals surface area contributed by atoms with Crippen molar-refractivity contribution in [2.24, 2.45) is 0 Å². The van der Waals surface area contributed by atoms with Gasteiger partial charge in [-0.2, -0.15) is 0 Å². The van der Waals surface area contributed by atoms with Crippen molar-refractivity contribution in [2.75, 3.05) is 33.9 Å². The molecule has 0 aliphatic carbocycles. The molecule has 1 aliphatic rings. The molecule has 17 heavy (non-hydrogen) atoms. The summed E-state index contributed by atoms with van der Waals surface area (Å²) in [5, 5.41) is 3.88. The Balaban J connectivity index is 2.36. The van der Waals surface area contributed by atoms with Crippen LogP contribution in [0.15, 0.2) is 12.1 Å². The summed E-state index contributed by atoms with van der Waals surface area (Å²) in [5.41, 5.74) is 0.877. The number of hydrogen-bond acceptors (Lipinski definition) is 4. The number of rotatable bonds is 3. The van der Waals surface area contributed by atoms with Crippen LogP contribution in [0, 0.1) is 0 Å². The summed E-state index contributed by atoms with van der Waals surface area (Å²) in [6, 6.07) is 3.59. The van der Waals surface area contributed by atoms with E-state index in [9.17, 15) is 0 Å². The standard InChI is InChI=1S/C12H16ClNO3/c1-15-8-5-9(13)12(10(6-8)16-2)11-7-14-3-4-17-11/h5-6,11,14H,3-4,7H2,1-2H3. The van der Waals surface area contributed by atoms with E-state index in [4.69, 9.17) is 25.8 Å². The van der Waals surface area contributed by atoms with Gasteiger partial charge in [0.15, 0.2) is 0 Å². The van der Waals surface area contributed by atoms with Gasteiger partial charge in [-0.3, -0.25) is 0 Å². The van der Waals surface area contributed by atoms with Gasteiger partial charge in [0.25, 0.3) is 0 Å². The molecule has 94 valence electrons. The van der Waals surface area contributed by atoms with Crippen molar-refractivity contribution in [3.05, 3.63) is 22.7 Å². The molecule has 1 saturated heterocycles. The molecule has 0 saturated carbocycles. The first-order chi connectivity index (χ1) is 8.26. The molecule has 5 heteroatoms. The highest BCUT2D eigenvalue weighted by Crippen LogP contribution is 2.38. The Bertz CT molecular complexity index is 392. The minimum Gasteiger partial charge on any atom is -0.497 e. The summed E-state index contributed by atoms with van der Waals surface area (Å²) in [6.45, 7) is 2.28. The largest absolute Gasteiger partial charge is 0.497 e. The Morgan fingerprint density at radius 1 is 1.35 bits per heavy atom. The predicted molar refractivity (Wildman–Crippen MR) is 66.1 cm³/mol. The van der Waals surface area contributed by atoms with Crippen LogP contribution in [0.3, 0.4) is 0 Å². The first-order valence-electron chi connectivity index (χ1n) is 5.50. The Kier molecular flexibility index (Phi) is 4.10. The van der Waals surface area contributed by atoms with Crippen molar-refractivity contribution in [1.82, 2.24) is 5.32 Å². The highest BCUT2D eigenvalue weighted by Gasteiger charge is 2.23. The van der Waals surface area contributed by atoms with E-state index in [-0.39, 0.29) is 6.10 Å². The molecule has 1 fully saturated rings. The van der Waals surface area contributed by atoms with E-state index >= 15 is 0 Å². The van der Waals surface area contributed by atoms with Crippen LogP contribution in [-0.4, -0.2) is 33.9 Å². The molecule has 0 spiro atoms. The van der Waals surface area contributed by atoms with E-state index in [0.29, 0.717) is 23.1 Å². The van der Waals surface area contributed by atoms with Crippen LogP contribution < -0.4 is 14.8 Å². The van der Waals surface area contributed by atoms with E-state index in [0.717, 1.165) is 18.7 Å². The molecule has 1 atom stereocenters. The van der Waals surface area contributed by atoms with Crippen LogP contribution in [0.1, 0.15) is 11.7 Å². The number of methoxy groups -OCH3 is 2. The molecule has 1 heterocycles. The average Bonchev–Trinajstić information content (AvgIpc) is 2.38. The molecular weight excluding hydrogens is 242 g/mol. The molecule has 2 rings (SSSR count). The zero-order chi connectivity index (χ0) is 12.3. The molecule has 0 aromatic heterocycles. The maximum Gasteiger partial charge on any atom is 0.129 e. The molecule has 1 aromatic carbocycles. The van der Waals surface area contributed by atoms with Gasteiger partial charge in [0.1, 0.15) is 11.5 Å². The third kappa shape index (κ3) is 2.65. The first-order valence-corrected chi connectivity index (χ1v) is 5.87.